The number of phenolic OH excluding ortho intramolecular Hbond substituents is 3. The topological polar surface area (TPSA) is 73.8 Å². The molecule has 0 radical (unpaired) electrons. The van der Waals surface area contributed by atoms with Gasteiger partial charge in [0.2, 0.25) is 5.75 Å². The monoisotopic (exact) mass is 192 g/mol. The van der Waals surface area contributed by atoms with Crippen LogP contribution < -0.4 is 0 Å². The van der Waals surface area contributed by atoms with Gasteiger partial charge in [0.05, 0.1) is 11.8 Å². The summed E-state index contributed by atoms with van der Waals surface area (Å²) < 4.78 is 5.04. The highest BCUT2D eigenvalue weighted by atomic mass is 16.3. The van der Waals surface area contributed by atoms with Gasteiger partial charge in [0.1, 0.15) is 5.76 Å². The Morgan fingerprint density at radius 1 is 0.929 bits per heavy atom. The second-order valence-electron chi connectivity index (χ2n) is 2.81. The predicted molar refractivity (Wildman–Crippen MR) is 49.1 cm³/mol. The molecular weight excluding hydrogens is 184 g/mol. The molecule has 0 fully saturated rings. The van der Waals surface area contributed by atoms with E-state index in [1.807, 2.05) is 0 Å². The Bertz CT molecular complexity index is 445. The molecule has 2 rings (SSSR count). The number of hydrogen-bond acceptors (Lipinski definition) is 4. The molecular formula is C10H8O4. The number of rotatable bonds is 1. The minimum absolute atomic E-state index is 0.338. The van der Waals surface area contributed by atoms with Crippen molar-refractivity contribution in [1.82, 2.24) is 0 Å². The summed E-state index contributed by atoms with van der Waals surface area (Å²) in [6.45, 7) is 0. The summed E-state index contributed by atoms with van der Waals surface area (Å²) in [6.07, 6.45) is 1.46. The normalized spacial score (nSPS) is 10.3. The van der Waals surface area contributed by atoms with Gasteiger partial charge in [-0.1, -0.05) is 0 Å². The van der Waals surface area contributed by atoms with Gasteiger partial charge in [0.15, 0.2) is 11.5 Å². The zero-order valence-electron chi connectivity index (χ0n) is 7.14. The molecule has 0 aliphatic heterocycles. The molecule has 2 aromatic rings. The molecule has 0 spiro atoms. The average Bonchev–Trinajstić information content (AvgIpc) is 2.67. The fourth-order valence-corrected chi connectivity index (χ4v) is 1.20. The van der Waals surface area contributed by atoms with Crippen molar-refractivity contribution in [3.63, 3.8) is 0 Å². The molecule has 1 aromatic heterocycles. The van der Waals surface area contributed by atoms with Crippen LogP contribution in [-0.2, 0) is 0 Å². The zero-order chi connectivity index (χ0) is 10.1. The van der Waals surface area contributed by atoms with Crippen LogP contribution in [0.4, 0.5) is 0 Å². The number of phenols is 3. The van der Waals surface area contributed by atoms with E-state index >= 15 is 0 Å². The maximum absolute atomic E-state index is 9.48. The highest BCUT2D eigenvalue weighted by molar-refractivity contribution is 5.71. The van der Waals surface area contributed by atoms with E-state index in [0.29, 0.717) is 11.3 Å². The molecule has 3 N–H and O–H groups in total. The molecule has 14 heavy (non-hydrogen) atoms. The highest BCUT2D eigenvalue weighted by Crippen LogP contribution is 2.41. The summed E-state index contributed by atoms with van der Waals surface area (Å²) in [7, 11) is 0. The lowest BCUT2D eigenvalue weighted by Gasteiger charge is -2.04. The van der Waals surface area contributed by atoms with Crippen LogP contribution in [0.1, 0.15) is 0 Å². The summed E-state index contributed by atoms with van der Waals surface area (Å²) in [5.74, 6) is -0.866. The Balaban J connectivity index is 2.61. The van der Waals surface area contributed by atoms with Gasteiger partial charge in [-0.05, 0) is 24.3 Å². The van der Waals surface area contributed by atoms with Crippen molar-refractivity contribution >= 4 is 0 Å². The Hall–Kier alpha value is -2.10. The fourth-order valence-electron chi connectivity index (χ4n) is 1.20. The molecule has 0 saturated heterocycles. The lowest BCUT2D eigenvalue weighted by atomic mass is 10.1. The van der Waals surface area contributed by atoms with Gasteiger partial charge < -0.3 is 19.7 Å². The van der Waals surface area contributed by atoms with Crippen molar-refractivity contribution in [2.75, 3.05) is 0 Å². The maximum Gasteiger partial charge on any atom is 0.201 e. The van der Waals surface area contributed by atoms with Gasteiger partial charge in [-0.25, -0.2) is 0 Å². The first kappa shape index (κ1) is 8.50. The fraction of sp³-hybridized carbons (Fsp3) is 0. The van der Waals surface area contributed by atoms with Crippen LogP contribution in [0.25, 0.3) is 11.3 Å². The lowest BCUT2D eigenvalue weighted by Crippen LogP contribution is -1.77. The molecule has 1 aromatic carbocycles. The van der Waals surface area contributed by atoms with Crippen LogP contribution in [0.2, 0.25) is 0 Å². The molecule has 0 amide bonds. The number of aromatic hydroxyl groups is 3. The molecule has 1 heterocycles. The largest absolute Gasteiger partial charge is 0.504 e. The second kappa shape index (κ2) is 2.99. The summed E-state index contributed by atoms with van der Waals surface area (Å²) in [6, 6.07) is 6.06. The van der Waals surface area contributed by atoms with Gasteiger partial charge in [0.25, 0.3) is 0 Å². The first-order chi connectivity index (χ1) is 6.70. The third-order valence-corrected chi connectivity index (χ3v) is 1.92. The van der Waals surface area contributed by atoms with Crippen molar-refractivity contribution in [1.29, 1.82) is 0 Å². The van der Waals surface area contributed by atoms with E-state index in [1.165, 1.54) is 18.4 Å². The summed E-state index contributed by atoms with van der Waals surface area (Å²) >= 11 is 0. The van der Waals surface area contributed by atoms with Crippen molar-refractivity contribution in [3.05, 3.63) is 30.5 Å². The number of hydrogen-bond donors (Lipinski definition) is 3. The molecule has 4 heteroatoms. The number of benzene rings is 1. The highest BCUT2D eigenvalue weighted by Gasteiger charge is 2.13. The van der Waals surface area contributed by atoms with Crippen molar-refractivity contribution in [3.8, 4) is 28.6 Å². The average molecular weight is 192 g/mol. The Morgan fingerprint density at radius 3 is 2.36 bits per heavy atom. The van der Waals surface area contributed by atoms with Crippen LogP contribution in [0, 0.1) is 0 Å². The van der Waals surface area contributed by atoms with Crippen LogP contribution in [0.15, 0.2) is 34.9 Å². The molecule has 0 unspecified atom stereocenters. The van der Waals surface area contributed by atoms with Crippen LogP contribution in [0.3, 0.4) is 0 Å². The first-order valence-corrected chi connectivity index (χ1v) is 3.98. The summed E-state index contributed by atoms with van der Waals surface area (Å²) in [4.78, 5) is 0. The first-order valence-electron chi connectivity index (χ1n) is 3.98. The van der Waals surface area contributed by atoms with E-state index in [4.69, 9.17) is 9.52 Å². The predicted octanol–water partition coefficient (Wildman–Crippen LogP) is 2.06. The molecule has 72 valence electrons. The van der Waals surface area contributed by atoms with Crippen LogP contribution in [0.5, 0.6) is 17.2 Å². The van der Waals surface area contributed by atoms with E-state index in [-0.39, 0.29) is 11.5 Å². The SMILES string of the molecule is Oc1ccc(-c2ccco2)c(O)c1O. The lowest BCUT2D eigenvalue weighted by molar-refractivity contribution is 0.368. The van der Waals surface area contributed by atoms with Gasteiger partial charge in [-0.15, -0.1) is 0 Å². The minimum Gasteiger partial charge on any atom is -0.504 e. The van der Waals surface area contributed by atoms with E-state index in [2.05, 4.69) is 0 Å². The van der Waals surface area contributed by atoms with Gasteiger partial charge in [-0.2, -0.15) is 0 Å². The Kier molecular flexibility index (Phi) is 1.81. The van der Waals surface area contributed by atoms with Gasteiger partial charge in [-0.3, -0.25) is 0 Å². The van der Waals surface area contributed by atoms with E-state index in [1.54, 1.807) is 12.1 Å². The molecule has 0 aliphatic carbocycles. The third kappa shape index (κ3) is 1.17. The third-order valence-electron chi connectivity index (χ3n) is 1.92. The van der Waals surface area contributed by atoms with Crippen molar-refractivity contribution < 1.29 is 19.7 Å². The van der Waals surface area contributed by atoms with E-state index in [9.17, 15) is 10.2 Å². The quantitative estimate of drug-likeness (QED) is 0.604. The smallest absolute Gasteiger partial charge is 0.201 e. The second-order valence-corrected chi connectivity index (χ2v) is 2.81. The summed E-state index contributed by atoms with van der Waals surface area (Å²) in [5, 5.41) is 27.8. The molecule has 0 saturated carbocycles. The van der Waals surface area contributed by atoms with Crippen molar-refractivity contribution in [2.24, 2.45) is 0 Å². The summed E-state index contributed by atoms with van der Waals surface area (Å²) in [5.41, 5.74) is 0.338. The van der Waals surface area contributed by atoms with Gasteiger partial charge in [0, 0.05) is 0 Å². The van der Waals surface area contributed by atoms with E-state index in [0.717, 1.165) is 0 Å². The molecule has 0 aliphatic rings. The Labute approximate surface area is 79.7 Å². The maximum atomic E-state index is 9.48. The molecule has 0 bridgehead atoms. The Morgan fingerprint density at radius 2 is 1.71 bits per heavy atom. The van der Waals surface area contributed by atoms with Crippen LogP contribution in [-0.4, -0.2) is 15.3 Å². The van der Waals surface area contributed by atoms with E-state index < -0.39 is 5.75 Å². The minimum atomic E-state index is -0.543. The van der Waals surface area contributed by atoms with Crippen LogP contribution >= 0.6 is 0 Å². The number of furan rings is 1. The zero-order valence-corrected chi connectivity index (χ0v) is 7.14. The molecule has 0 atom stereocenters. The molecule has 4 nitrogen and oxygen atoms in total. The van der Waals surface area contributed by atoms with Gasteiger partial charge >= 0.3 is 0 Å². The standard InChI is InChI=1S/C10H8O4/c11-7-4-3-6(9(12)10(7)13)8-2-1-5-14-8/h1-5,11-13H. The van der Waals surface area contributed by atoms with Crippen molar-refractivity contribution in [2.45, 2.75) is 0 Å².